The Labute approximate surface area is 153 Å². The molecule has 0 unspecified atom stereocenters. The largest absolute Gasteiger partial charge is 0.468 e. The van der Waals surface area contributed by atoms with Gasteiger partial charge in [0, 0.05) is 36.4 Å². The number of aliphatic imine (C=N–C) groups is 1. The van der Waals surface area contributed by atoms with Gasteiger partial charge in [0.25, 0.3) is 0 Å². The van der Waals surface area contributed by atoms with Crippen molar-refractivity contribution in [3.63, 3.8) is 0 Å². The molecule has 2 heterocycles. The van der Waals surface area contributed by atoms with Gasteiger partial charge < -0.3 is 15.4 Å². The van der Waals surface area contributed by atoms with E-state index in [2.05, 4.69) is 32.5 Å². The SMILES string of the molecule is CCc1cnc(CNC(=NC)NCc2cccnc2OCC(F)(F)F)s1. The Balaban J connectivity index is 1.89. The van der Waals surface area contributed by atoms with Gasteiger partial charge >= 0.3 is 6.18 Å². The van der Waals surface area contributed by atoms with E-state index < -0.39 is 12.8 Å². The Morgan fingerprint density at radius 2 is 2.04 bits per heavy atom. The number of nitrogens with one attached hydrogen (secondary N) is 2. The number of alkyl halides is 3. The number of hydrogen-bond acceptors (Lipinski definition) is 5. The molecule has 0 saturated heterocycles. The van der Waals surface area contributed by atoms with Crippen molar-refractivity contribution in [3.8, 4) is 5.88 Å². The number of halogens is 3. The van der Waals surface area contributed by atoms with Crippen LogP contribution in [0.3, 0.4) is 0 Å². The van der Waals surface area contributed by atoms with Crippen LogP contribution < -0.4 is 15.4 Å². The summed E-state index contributed by atoms with van der Waals surface area (Å²) in [4.78, 5) is 13.5. The summed E-state index contributed by atoms with van der Waals surface area (Å²) in [6, 6.07) is 3.28. The average Bonchev–Trinajstić information content (AvgIpc) is 3.08. The second-order valence-corrected chi connectivity index (χ2v) is 6.42. The quantitative estimate of drug-likeness (QED) is 0.565. The average molecular weight is 387 g/mol. The Kier molecular flexibility index (Phi) is 7.19. The molecular weight excluding hydrogens is 367 g/mol. The van der Waals surface area contributed by atoms with E-state index in [1.165, 1.54) is 11.1 Å². The fourth-order valence-electron chi connectivity index (χ4n) is 1.99. The van der Waals surface area contributed by atoms with Gasteiger partial charge in [0.15, 0.2) is 12.6 Å². The van der Waals surface area contributed by atoms with Crippen LogP contribution in [0.1, 0.15) is 22.4 Å². The highest BCUT2D eigenvalue weighted by Crippen LogP contribution is 2.19. The van der Waals surface area contributed by atoms with E-state index >= 15 is 0 Å². The van der Waals surface area contributed by atoms with Crippen LogP contribution in [0.15, 0.2) is 29.5 Å². The van der Waals surface area contributed by atoms with Gasteiger partial charge in [-0.05, 0) is 12.5 Å². The predicted octanol–water partition coefficient (Wildman–Crippen LogP) is 2.91. The van der Waals surface area contributed by atoms with Crippen LogP contribution in [0.4, 0.5) is 13.2 Å². The molecule has 0 bridgehead atoms. The van der Waals surface area contributed by atoms with Crippen molar-refractivity contribution in [3.05, 3.63) is 40.0 Å². The molecule has 0 amide bonds. The lowest BCUT2D eigenvalue weighted by Gasteiger charge is -2.14. The van der Waals surface area contributed by atoms with Gasteiger partial charge in [-0.25, -0.2) is 9.97 Å². The topological polar surface area (TPSA) is 71.4 Å². The molecule has 10 heteroatoms. The first kappa shape index (κ1) is 20.0. The van der Waals surface area contributed by atoms with Gasteiger partial charge in [0.2, 0.25) is 5.88 Å². The molecular formula is C16H20F3N5OS. The van der Waals surface area contributed by atoms with Crippen molar-refractivity contribution in [2.75, 3.05) is 13.7 Å². The molecule has 0 aliphatic heterocycles. The van der Waals surface area contributed by atoms with E-state index in [1.807, 2.05) is 6.20 Å². The number of thiazole rings is 1. The molecule has 0 atom stereocenters. The van der Waals surface area contributed by atoms with Gasteiger partial charge in [0.05, 0.1) is 6.54 Å². The summed E-state index contributed by atoms with van der Waals surface area (Å²) in [5.41, 5.74) is 0.502. The molecule has 6 nitrogen and oxygen atoms in total. The molecule has 0 spiro atoms. The van der Waals surface area contributed by atoms with Gasteiger partial charge in [-0.1, -0.05) is 13.0 Å². The molecule has 2 aromatic heterocycles. The number of hydrogen-bond donors (Lipinski definition) is 2. The van der Waals surface area contributed by atoms with Crippen molar-refractivity contribution in [2.24, 2.45) is 4.99 Å². The van der Waals surface area contributed by atoms with E-state index in [-0.39, 0.29) is 12.4 Å². The van der Waals surface area contributed by atoms with Crippen LogP contribution in [-0.2, 0) is 19.5 Å². The zero-order valence-corrected chi connectivity index (χ0v) is 15.2. The maximum atomic E-state index is 12.3. The molecule has 0 saturated carbocycles. The summed E-state index contributed by atoms with van der Waals surface area (Å²) < 4.78 is 41.8. The Morgan fingerprint density at radius 3 is 2.69 bits per heavy atom. The third-order valence-corrected chi connectivity index (χ3v) is 4.39. The Bertz CT molecular complexity index is 733. The summed E-state index contributed by atoms with van der Waals surface area (Å²) in [6.07, 6.45) is -0.245. The summed E-state index contributed by atoms with van der Waals surface area (Å²) in [7, 11) is 1.61. The minimum atomic E-state index is -4.41. The maximum Gasteiger partial charge on any atom is 0.422 e. The number of aryl methyl sites for hydroxylation is 1. The van der Waals surface area contributed by atoms with E-state index in [9.17, 15) is 13.2 Å². The lowest BCUT2D eigenvalue weighted by Crippen LogP contribution is -2.36. The first-order chi connectivity index (χ1) is 12.4. The number of pyridine rings is 1. The smallest absolute Gasteiger partial charge is 0.422 e. The summed E-state index contributed by atoms with van der Waals surface area (Å²) >= 11 is 1.62. The van der Waals surface area contributed by atoms with Gasteiger partial charge in [-0.2, -0.15) is 13.2 Å². The van der Waals surface area contributed by atoms with E-state index in [0.717, 1.165) is 11.4 Å². The second-order valence-electron chi connectivity index (χ2n) is 5.22. The molecule has 142 valence electrons. The van der Waals surface area contributed by atoms with Crippen LogP contribution >= 0.6 is 11.3 Å². The van der Waals surface area contributed by atoms with Crippen molar-refractivity contribution in [1.82, 2.24) is 20.6 Å². The van der Waals surface area contributed by atoms with Crippen molar-refractivity contribution in [1.29, 1.82) is 0 Å². The highest BCUT2D eigenvalue weighted by atomic mass is 32.1. The first-order valence-corrected chi connectivity index (χ1v) is 8.74. The summed E-state index contributed by atoms with van der Waals surface area (Å²) in [5, 5.41) is 7.07. The highest BCUT2D eigenvalue weighted by molar-refractivity contribution is 7.11. The van der Waals surface area contributed by atoms with Crippen molar-refractivity contribution < 1.29 is 17.9 Å². The fraction of sp³-hybridized carbons (Fsp3) is 0.438. The second kappa shape index (κ2) is 9.37. The van der Waals surface area contributed by atoms with Gasteiger partial charge in [-0.3, -0.25) is 4.99 Å². The maximum absolute atomic E-state index is 12.3. The van der Waals surface area contributed by atoms with E-state index in [4.69, 9.17) is 4.74 Å². The molecule has 0 aliphatic carbocycles. The number of ether oxygens (including phenoxy) is 1. The van der Waals surface area contributed by atoms with Crippen LogP contribution in [0.5, 0.6) is 5.88 Å². The Morgan fingerprint density at radius 1 is 1.27 bits per heavy atom. The van der Waals surface area contributed by atoms with Crippen LogP contribution in [-0.4, -0.2) is 35.8 Å². The van der Waals surface area contributed by atoms with Crippen LogP contribution in [0.2, 0.25) is 0 Å². The van der Waals surface area contributed by atoms with Crippen LogP contribution in [0, 0.1) is 0 Å². The third kappa shape index (κ3) is 6.51. The number of nitrogens with zero attached hydrogens (tertiary/aromatic N) is 3. The van der Waals surface area contributed by atoms with E-state index in [0.29, 0.717) is 18.1 Å². The minimum Gasteiger partial charge on any atom is -0.468 e. The molecule has 0 radical (unpaired) electrons. The van der Waals surface area contributed by atoms with E-state index in [1.54, 1.807) is 30.5 Å². The lowest BCUT2D eigenvalue weighted by molar-refractivity contribution is -0.154. The van der Waals surface area contributed by atoms with Crippen molar-refractivity contribution in [2.45, 2.75) is 32.6 Å². The normalized spacial score (nSPS) is 12.1. The standard InChI is InChI=1S/C16H20F3N5OS/c1-3-12-8-22-13(26-12)9-24-15(20-2)23-7-11-5-4-6-21-14(11)25-10-16(17,18)19/h4-6,8H,3,7,9-10H2,1-2H3,(H2,20,23,24). The predicted molar refractivity (Wildman–Crippen MR) is 94.3 cm³/mol. The van der Waals surface area contributed by atoms with Gasteiger partial charge in [0.1, 0.15) is 5.01 Å². The lowest BCUT2D eigenvalue weighted by atomic mass is 10.2. The number of rotatable bonds is 7. The molecule has 0 aliphatic rings. The number of aromatic nitrogens is 2. The van der Waals surface area contributed by atoms with Crippen LogP contribution in [0.25, 0.3) is 0 Å². The zero-order chi connectivity index (χ0) is 19.0. The monoisotopic (exact) mass is 387 g/mol. The first-order valence-electron chi connectivity index (χ1n) is 7.92. The molecule has 0 aromatic carbocycles. The summed E-state index contributed by atoms with van der Waals surface area (Å²) in [6.45, 7) is 1.42. The molecule has 0 fully saturated rings. The third-order valence-electron chi connectivity index (χ3n) is 3.25. The summed E-state index contributed by atoms with van der Waals surface area (Å²) in [5.74, 6) is 0.448. The molecule has 2 N–H and O–H groups in total. The zero-order valence-electron chi connectivity index (χ0n) is 14.4. The highest BCUT2D eigenvalue weighted by Gasteiger charge is 2.29. The molecule has 2 rings (SSSR count). The minimum absolute atomic E-state index is 0.0553. The number of guanidine groups is 1. The van der Waals surface area contributed by atoms with Gasteiger partial charge in [-0.15, -0.1) is 11.3 Å². The molecule has 26 heavy (non-hydrogen) atoms. The Hall–Kier alpha value is -2.36. The van der Waals surface area contributed by atoms with Crippen molar-refractivity contribution >= 4 is 17.3 Å². The fourth-order valence-corrected chi connectivity index (χ4v) is 2.79. The molecule has 2 aromatic rings.